The number of hydrogen-bond donors (Lipinski definition) is 8. The molecular weight excluding hydrogens is 596 g/mol. The molecule has 5 amide bonds. The van der Waals surface area contributed by atoms with Crippen molar-refractivity contribution in [3.8, 4) is 0 Å². The zero-order valence-electron chi connectivity index (χ0n) is 26.0. The van der Waals surface area contributed by atoms with Gasteiger partial charge in [0.05, 0.1) is 13.0 Å². The minimum absolute atomic E-state index is 0.126. The van der Waals surface area contributed by atoms with Crippen LogP contribution < -0.4 is 27.0 Å². The van der Waals surface area contributed by atoms with Crippen LogP contribution >= 0.6 is 0 Å². The number of rotatable bonds is 19. The van der Waals surface area contributed by atoms with Crippen LogP contribution in [0.15, 0.2) is 0 Å². The van der Waals surface area contributed by atoms with E-state index in [1.165, 1.54) is 4.90 Å². The first-order valence-electron chi connectivity index (χ1n) is 14.9. The van der Waals surface area contributed by atoms with Gasteiger partial charge in [-0.2, -0.15) is 0 Å². The van der Waals surface area contributed by atoms with Gasteiger partial charge < -0.3 is 47.2 Å². The maximum Gasteiger partial charge on any atom is 0.326 e. The highest BCUT2D eigenvalue weighted by Crippen LogP contribution is 2.21. The molecule has 17 nitrogen and oxygen atoms in total. The van der Waals surface area contributed by atoms with Crippen LogP contribution in [0.1, 0.15) is 72.6 Å². The lowest BCUT2D eigenvalue weighted by molar-refractivity contribution is -0.145. The quantitative estimate of drug-likeness (QED) is 0.0790. The van der Waals surface area contributed by atoms with Gasteiger partial charge in [0.15, 0.2) is 0 Å². The summed E-state index contributed by atoms with van der Waals surface area (Å²) in [6.07, 6.45) is -0.147. The van der Waals surface area contributed by atoms with Crippen LogP contribution in [-0.2, 0) is 38.4 Å². The third-order valence-electron chi connectivity index (χ3n) is 7.89. The normalized spacial score (nSPS) is 18.3. The summed E-state index contributed by atoms with van der Waals surface area (Å²) >= 11 is 0. The van der Waals surface area contributed by atoms with Crippen molar-refractivity contribution < 1.29 is 53.7 Å². The van der Waals surface area contributed by atoms with Gasteiger partial charge in [-0.1, -0.05) is 40.5 Å². The minimum Gasteiger partial charge on any atom is -0.481 e. The Balaban J connectivity index is 3.19. The van der Waals surface area contributed by atoms with Gasteiger partial charge in [0.25, 0.3) is 0 Å². The molecule has 0 unspecified atom stereocenters. The maximum absolute atomic E-state index is 13.5. The highest BCUT2D eigenvalue weighted by molar-refractivity contribution is 5.97. The molecule has 0 spiro atoms. The first-order valence-corrected chi connectivity index (χ1v) is 14.9. The van der Waals surface area contributed by atoms with E-state index in [1.807, 2.05) is 0 Å². The van der Waals surface area contributed by atoms with Gasteiger partial charge in [0, 0.05) is 13.0 Å². The second-order valence-corrected chi connectivity index (χ2v) is 11.2. The molecule has 0 aromatic rings. The van der Waals surface area contributed by atoms with Crippen molar-refractivity contribution in [2.24, 2.45) is 17.6 Å². The summed E-state index contributed by atoms with van der Waals surface area (Å²) in [6.45, 7) is 6.37. The molecule has 254 valence electrons. The molecule has 1 saturated heterocycles. The molecule has 0 saturated carbocycles. The molecule has 0 bridgehead atoms. The van der Waals surface area contributed by atoms with Crippen molar-refractivity contribution in [2.75, 3.05) is 13.1 Å². The van der Waals surface area contributed by atoms with E-state index in [0.717, 1.165) is 0 Å². The summed E-state index contributed by atoms with van der Waals surface area (Å²) in [4.78, 5) is 101. The van der Waals surface area contributed by atoms with Crippen LogP contribution in [0.4, 0.5) is 0 Å². The van der Waals surface area contributed by atoms with Gasteiger partial charge in [-0.3, -0.25) is 33.6 Å². The van der Waals surface area contributed by atoms with E-state index in [0.29, 0.717) is 19.3 Å². The molecule has 45 heavy (non-hydrogen) atoms. The summed E-state index contributed by atoms with van der Waals surface area (Å²) in [5.41, 5.74) is 5.33. The summed E-state index contributed by atoms with van der Waals surface area (Å²) in [6, 6.07) is -6.58. The molecule has 1 heterocycles. The zero-order chi connectivity index (χ0) is 34.4. The highest BCUT2D eigenvalue weighted by Gasteiger charge is 2.40. The van der Waals surface area contributed by atoms with Gasteiger partial charge in [-0.05, 0) is 31.1 Å². The van der Waals surface area contributed by atoms with E-state index in [-0.39, 0.29) is 19.4 Å². The Bertz CT molecular complexity index is 1120. The molecule has 1 rings (SSSR count). The van der Waals surface area contributed by atoms with Gasteiger partial charge in [0.2, 0.25) is 29.5 Å². The summed E-state index contributed by atoms with van der Waals surface area (Å²) in [5.74, 6) is -8.98. The van der Waals surface area contributed by atoms with Crippen LogP contribution in [0, 0.1) is 11.8 Å². The average Bonchev–Trinajstić information content (AvgIpc) is 3.48. The monoisotopic (exact) mass is 642 g/mol. The van der Waals surface area contributed by atoms with Crippen LogP contribution in [0.25, 0.3) is 0 Å². The molecule has 1 aliphatic rings. The van der Waals surface area contributed by atoms with E-state index < -0.39 is 109 Å². The second-order valence-electron chi connectivity index (χ2n) is 11.2. The summed E-state index contributed by atoms with van der Waals surface area (Å²) in [5, 5.41) is 37.6. The largest absolute Gasteiger partial charge is 0.481 e. The minimum atomic E-state index is -1.66. The van der Waals surface area contributed by atoms with Crippen molar-refractivity contribution in [3.63, 3.8) is 0 Å². The standard InChI is InChI=1S/C28H46N6O11/c1-5-14(3)22(26(42)31-17(12-21(38)39)24(40)33-23(28(44)45)15(4)6-2)32-25(41)18-8-7-11-34(18)27(43)16(9-10-20(36)37)30-19(35)13-29/h14-18,22-23H,5-13,29H2,1-4H3,(H,30,35)(H,31,42)(H,32,41)(H,33,40)(H,36,37)(H,38,39)(H,44,45)/t14-,15-,16-,17-,18-,22-,23-/m0/s1. The Morgan fingerprint density at radius 3 is 1.91 bits per heavy atom. The fourth-order valence-corrected chi connectivity index (χ4v) is 4.82. The fourth-order valence-electron chi connectivity index (χ4n) is 4.82. The Morgan fingerprint density at radius 1 is 0.800 bits per heavy atom. The predicted octanol–water partition coefficient (Wildman–Crippen LogP) is -1.61. The Hall–Kier alpha value is -4.28. The second kappa shape index (κ2) is 18.5. The molecule has 7 atom stereocenters. The van der Waals surface area contributed by atoms with E-state index in [9.17, 15) is 48.6 Å². The molecule has 0 radical (unpaired) electrons. The predicted molar refractivity (Wildman–Crippen MR) is 157 cm³/mol. The Labute approximate surface area is 261 Å². The van der Waals surface area contributed by atoms with Gasteiger partial charge >= 0.3 is 17.9 Å². The van der Waals surface area contributed by atoms with Crippen LogP contribution in [0.5, 0.6) is 0 Å². The molecule has 0 aromatic heterocycles. The third-order valence-corrected chi connectivity index (χ3v) is 7.89. The highest BCUT2D eigenvalue weighted by atomic mass is 16.4. The van der Waals surface area contributed by atoms with Gasteiger partial charge in [0.1, 0.15) is 30.2 Å². The molecule has 0 aromatic carbocycles. The fraction of sp³-hybridized carbons (Fsp3) is 0.714. The zero-order valence-corrected chi connectivity index (χ0v) is 26.0. The number of likely N-dealkylation sites (tertiary alicyclic amines) is 1. The SMILES string of the molecule is CC[C@H](C)[C@H](NC(=O)[C@H](CC(=O)O)NC(=O)[C@@H](NC(=O)[C@@H]1CCCN1C(=O)[C@H](CCC(=O)O)NC(=O)CN)[C@@H](C)CC)C(=O)O. The molecule has 0 aliphatic carbocycles. The number of carbonyl (C=O) groups is 8. The number of nitrogens with two attached hydrogens (primary N) is 1. The number of nitrogens with zero attached hydrogens (tertiary/aromatic N) is 1. The number of aliphatic carboxylic acids is 3. The lowest BCUT2D eigenvalue weighted by atomic mass is 9.96. The smallest absolute Gasteiger partial charge is 0.326 e. The first-order chi connectivity index (χ1) is 21.1. The first kappa shape index (κ1) is 38.7. The summed E-state index contributed by atoms with van der Waals surface area (Å²) in [7, 11) is 0. The molecule has 1 fully saturated rings. The van der Waals surface area contributed by atoms with Crippen molar-refractivity contribution in [1.82, 2.24) is 26.2 Å². The number of hydrogen-bond acceptors (Lipinski definition) is 9. The lowest BCUT2D eigenvalue weighted by Gasteiger charge is -2.31. The number of nitrogens with one attached hydrogen (secondary N) is 4. The van der Waals surface area contributed by atoms with Crippen molar-refractivity contribution in [1.29, 1.82) is 0 Å². The van der Waals surface area contributed by atoms with Crippen molar-refractivity contribution in [3.05, 3.63) is 0 Å². The van der Waals surface area contributed by atoms with Crippen molar-refractivity contribution in [2.45, 2.75) is 103 Å². The van der Waals surface area contributed by atoms with Crippen LogP contribution in [0.2, 0.25) is 0 Å². The lowest BCUT2D eigenvalue weighted by Crippen LogP contribution is -2.60. The Morgan fingerprint density at radius 2 is 1.40 bits per heavy atom. The van der Waals surface area contributed by atoms with E-state index in [4.69, 9.17) is 10.8 Å². The molecule has 9 N–H and O–H groups in total. The van der Waals surface area contributed by atoms with Crippen LogP contribution in [-0.4, -0.2) is 111 Å². The number of carboxylic acids is 3. The summed E-state index contributed by atoms with van der Waals surface area (Å²) < 4.78 is 0. The van der Waals surface area contributed by atoms with E-state index in [2.05, 4.69) is 21.3 Å². The van der Waals surface area contributed by atoms with E-state index >= 15 is 0 Å². The number of carboxylic acid groups (broad SMARTS) is 3. The number of carbonyl (C=O) groups excluding carboxylic acids is 5. The van der Waals surface area contributed by atoms with Crippen molar-refractivity contribution >= 4 is 47.4 Å². The Kier molecular flexibility index (Phi) is 15.9. The van der Waals surface area contributed by atoms with E-state index in [1.54, 1.807) is 27.7 Å². The molecule has 17 heteroatoms. The topological polar surface area (TPSA) is 275 Å². The molecule has 1 aliphatic heterocycles. The third kappa shape index (κ3) is 12.0. The molecular formula is C28H46N6O11. The average molecular weight is 643 g/mol. The van der Waals surface area contributed by atoms with Gasteiger partial charge in [-0.15, -0.1) is 0 Å². The number of amides is 5. The van der Waals surface area contributed by atoms with Gasteiger partial charge in [-0.25, -0.2) is 4.79 Å². The van der Waals surface area contributed by atoms with Crippen LogP contribution in [0.3, 0.4) is 0 Å². The maximum atomic E-state index is 13.5.